The molecule has 0 radical (unpaired) electrons. The van der Waals surface area contributed by atoms with Gasteiger partial charge < -0.3 is 11.1 Å². The van der Waals surface area contributed by atoms with E-state index in [1.54, 1.807) is 12.1 Å². The van der Waals surface area contributed by atoms with Gasteiger partial charge in [0.05, 0.1) is 5.56 Å². The van der Waals surface area contributed by atoms with Gasteiger partial charge in [-0.2, -0.15) is 11.8 Å². The van der Waals surface area contributed by atoms with Gasteiger partial charge in [-0.05, 0) is 18.2 Å². The van der Waals surface area contributed by atoms with Crippen molar-refractivity contribution in [2.24, 2.45) is 0 Å². The molecule has 0 unspecified atom stereocenters. The lowest BCUT2D eigenvalue weighted by Crippen LogP contribution is -2.39. The summed E-state index contributed by atoms with van der Waals surface area (Å²) >= 11 is 5.32. The zero-order chi connectivity index (χ0) is 13.7. The summed E-state index contributed by atoms with van der Waals surface area (Å²) in [7, 11) is 0. The van der Waals surface area contributed by atoms with Crippen LogP contribution in [0.4, 0.5) is 5.69 Å². The maximum Gasteiger partial charge on any atom is 0.253 e. The average Bonchev–Trinajstić information content (AvgIpc) is 2.39. The molecule has 1 amide bonds. The first-order valence-electron chi connectivity index (χ1n) is 6.30. The minimum atomic E-state index is -0.101. The van der Waals surface area contributed by atoms with Gasteiger partial charge in [-0.15, -0.1) is 0 Å². The summed E-state index contributed by atoms with van der Waals surface area (Å²) < 4.78 is 0.882. The second kappa shape index (κ2) is 7.17. The minimum absolute atomic E-state index is 0.101. The van der Waals surface area contributed by atoms with Crippen molar-refractivity contribution in [1.82, 2.24) is 10.2 Å². The number of nitrogens with zero attached hydrogens (tertiary/aromatic N) is 1. The van der Waals surface area contributed by atoms with E-state index < -0.39 is 0 Å². The van der Waals surface area contributed by atoms with Crippen molar-refractivity contribution in [2.45, 2.75) is 0 Å². The van der Waals surface area contributed by atoms with Crippen LogP contribution in [-0.2, 0) is 0 Å². The highest BCUT2D eigenvalue weighted by atomic mass is 79.9. The molecule has 1 heterocycles. The number of rotatable bonds is 4. The summed E-state index contributed by atoms with van der Waals surface area (Å²) in [4.78, 5) is 14.4. The van der Waals surface area contributed by atoms with Crippen LogP contribution in [0.3, 0.4) is 0 Å². The number of thioether (sulfide) groups is 1. The van der Waals surface area contributed by atoms with Crippen LogP contribution >= 0.6 is 27.7 Å². The number of carbonyl (C=O) groups is 1. The third-order valence-corrected chi connectivity index (χ3v) is 4.51. The Bertz CT molecular complexity index is 450. The Hall–Kier alpha value is -0.720. The number of nitrogens with two attached hydrogens (primary N) is 1. The molecule has 0 aromatic heterocycles. The largest absolute Gasteiger partial charge is 0.398 e. The smallest absolute Gasteiger partial charge is 0.253 e. The van der Waals surface area contributed by atoms with Gasteiger partial charge in [0, 0.05) is 47.8 Å². The third-order valence-electron chi connectivity index (χ3n) is 3.08. The van der Waals surface area contributed by atoms with Gasteiger partial charge in [0.1, 0.15) is 0 Å². The van der Waals surface area contributed by atoms with Crippen LogP contribution in [0, 0.1) is 0 Å². The van der Waals surface area contributed by atoms with Gasteiger partial charge in [0.2, 0.25) is 0 Å². The predicted octanol–water partition coefficient (Wildman–Crippen LogP) is 1.81. The summed E-state index contributed by atoms with van der Waals surface area (Å²) in [6, 6.07) is 5.32. The lowest BCUT2D eigenvalue weighted by Gasteiger charge is -2.26. The number of hydrogen-bond donors (Lipinski definition) is 2. The van der Waals surface area contributed by atoms with E-state index in [1.807, 2.05) is 17.8 Å². The number of hydrogen-bond acceptors (Lipinski definition) is 4. The Balaban J connectivity index is 1.80. The summed E-state index contributed by atoms with van der Waals surface area (Å²) in [5.74, 6) is 2.28. The lowest BCUT2D eigenvalue weighted by molar-refractivity contribution is 0.0950. The van der Waals surface area contributed by atoms with Crippen LogP contribution in [-0.4, -0.2) is 48.5 Å². The summed E-state index contributed by atoms with van der Waals surface area (Å²) in [5.41, 5.74) is 6.87. The molecule has 0 atom stereocenters. The van der Waals surface area contributed by atoms with E-state index in [9.17, 15) is 4.79 Å². The normalized spacial score (nSPS) is 16.3. The van der Waals surface area contributed by atoms with Crippen molar-refractivity contribution in [3.05, 3.63) is 28.2 Å². The first-order valence-corrected chi connectivity index (χ1v) is 8.25. The monoisotopic (exact) mass is 343 g/mol. The topological polar surface area (TPSA) is 58.4 Å². The molecule has 1 aliphatic heterocycles. The summed E-state index contributed by atoms with van der Waals surface area (Å²) in [6.45, 7) is 3.80. The van der Waals surface area contributed by atoms with E-state index >= 15 is 0 Å². The Labute approximate surface area is 126 Å². The molecule has 6 heteroatoms. The fraction of sp³-hybridized carbons (Fsp3) is 0.462. The number of halogens is 1. The molecule has 0 spiro atoms. The van der Waals surface area contributed by atoms with Gasteiger partial charge in [0.25, 0.3) is 5.91 Å². The molecule has 1 saturated heterocycles. The lowest BCUT2D eigenvalue weighted by atomic mass is 10.1. The SMILES string of the molecule is Nc1cc(Br)ccc1C(=O)NCCN1CCSCC1. The van der Waals surface area contributed by atoms with E-state index in [2.05, 4.69) is 26.1 Å². The number of nitrogens with one attached hydrogen (secondary N) is 1. The zero-order valence-electron chi connectivity index (χ0n) is 10.7. The number of amides is 1. The molecule has 0 aliphatic carbocycles. The highest BCUT2D eigenvalue weighted by Crippen LogP contribution is 2.18. The molecule has 19 heavy (non-hydrogen) atoms. The highest BCUT2D eigenvalue weighted by Gasteiger charge is 2.12. The van der Waals surface area contributed by atoms with Crippen LogP contribution in [0.5, 0.6) is 0 Å². The number of nitrogen functional groups attached to an aromatic ring is 1. The van der Waals surface area contributed by atoms with Crippen LogP contribution in [0.2, 0.25) is 0 Å². The quantitative estimate of drug-likeness (QED) is 0.818. The third kappa shape index (κ3) is 4.40. The maximum atomic E-state index is 12.0. The molecule has 1 aromatic carbocycles. The molecular formula is C13H18BrN3OS. The van der Waals surface area contributed by atoms with Gasteiger partial charge in [-0.3, -0.25) is 9.69 Å². The molecule has 0 saturated carbocycles. The predicted molar refractivity (Wildman–Crippen MR) is 84.7 cm³/mol. The van der Waals surface area contributed by atoms with Crippen LogP contribution in [0.15, 0.2) is 22.7 Å². The Morgan fingerprint density at radius 3 is 2.84 bits per heavy atom. The molecular weight excluding hydrogens is 326 g/mol. The van der Waals surface area contributed by atoms with Crippen molar-refractivity contribution < 1.29 is 4.79 Å². The summed E-state index contributed by atoms with van der Waals surface area (Å²) in [5, 5.41) is 2.92. The Morgan fingerprint density at radius 2 is 2.16 bits per heavy atom. The second-order valence-corrected chi connectivity index (χ2v) is 6.58. The fourth-order valence-electron chi connectivity index (χ4n) is 1.99. The standard InChI is InChI=1S/C13H18BrN3OS/c14-10-1-2-11(12(15)9-10)13(18)16-3-4-17-5-7-19-8-6-17/h1-2,9H,3-8,15H2,(H,16,18). The van der Waals surface area contributed by atoms with E-state index in [0.29, 0.717) is 17.8 Å². The van der Waals surface area contributed by atoms with E-state index in [-0.39, 0.29) is 5.91 Å². The summed E-state index contributed by atoms with van der Waals surface area (Å²) in [6.07, 6.45) is 0. The minimum Gasteiger partial charge on any atom is -0.398 e. The molecule has 1 aliphatic rings. The van der Waals surface area contributed by atoms with Gasteiger partial charge in [0.15, 0.2) is 0 Å². The first kappa shape index (κ1) is 14.7. The number of anilines is 1. The fourth-order valence-corrected chi connectivity index (χ4v) is 3.35. The van der Waals surface area contributed by atoms with Gasteiger partial charge in [-0.1, -0.05) is 15.9 Å². The Morgan fingerprint density at radius 1 is 1.42 bits per heavy atom. The maximum absolute atomic E-state index is 12.0. The number of carbonyl (C=O) groups excluding carboxylic acids is 1. The first-order chi connectivity index (χ1) is 9.16. The van der Waals surface area contributed by atoms with E-state index in [1.165, 1.54) is 11.5 Å². The highest BCUT2D eigenvalue weighted by molar-refractivity contribution is 9.10. The molecule has 1 aromatic rings. The molecule has 3 N–H and O–H groups in total. The van der Waals surface area contributed by atoms with Gasteiger partial charge >= 0.3 is 0 Å². The molecule has 4 nitrogen and oxygen atoms in total. The molecule has 2 rings (SSSR count). The number of benzene rings is 1. The van der Waals surface area contributed by atoms with Crippen LogP contribution in [0.1, 0.15) is 10.4 Å². The molecule has 1 fully saturated rings. The van der Waals surface area contributed by atoms with Crippen LogP contribution in [0.25, 0.3) is 0 Å². The molecule has 0 bridgehead atoms. The van der Waals surface area contributed by atoms with Gasteiger partial charge in [-0.25, -0.2) is 0 Å². The van der Waals surface area contributed by atoms with Crippen molar-refractivity contribution in [3.63, 3.8) is 0 Å². The van der Waals surface area contributed by atoms with Crippen molar-refractivity contribution in [1.29, 1.82) is 0 Å². The van der Waals surface area contributed by atoms with E-state index in [0.717, 1.165) is 24.1 Å². The second-order valence-electron chi connectivity index (χ2n) is 4.44. The Kier molecular flexibility index (Phi) is 5.54. The van der Waals surface area contributed by atoms with Crippen molar-refractivity contribution in [3.8, 4) is 0 Å². The zero-order valence-corrected chi connectivity index (χ0v) is 13.1. The van der Waals surface area contributed by atoms with Crippen molar-refractivity contribution >= 4 is 39.3 Å². The van der Waals surface area contributed by atoms with E-state index in [4.69, 9.17) is 5.73 Å². The average molecular weight is 344 g/mol. The van der Waals surface area contributed by atoms with Crippen LogP contribution < -0.4 is 11.1 Å². The van der Waals surface area contributed by atoms with Crippen molar-refractivity contribution in [2.75, 3.05) is 43.4 Å². The molecule has 104 valence electrons.